The van der Waals surface area contributed by atoms with Crippen molar-refractivity contribution in [1.82, 2.24) is 9.55 Å². The predicted octanol–water partition coefficient (Wildman–Crippen LogP) is 4.25. The number of halogens is 1. The maximum Gasteiger partial charge on any atom is 0.203 e. The van der Waals surface area contributed by atoms with Gasteiger partial charge in [-0.3, -0.25) is 0 Å². The van der Waals surface area contributed by atoms with E-state index >= 15 is 0 Å². The highest BCUT2D eigenvalue weighted by Crippen LogP contribution is 2.21. The van der Waals surface area contributed by atoms with Crippen molar-refractivity contribution in [2.45, 2.75) is 32.9 Å². The first-order chi connectivity index (χ1) is 10.2. The van der Waals surface area contributed by atoms with E-state index in [1.54, 1.807) is 0 Å². The minimum absolute atomic E-state index is 0.204. The number of aromatic nitrogens is 2. The molecular weight excluding hydrogens is 330 g/mol. The Labute approximate surface area is 134 Å². The smallest absolute Gasteiger partial charge is 0.203 e. The fourth-order valence-corrected chi connectivity index (χ4v) is 2.58. The first kappa shape index (κ1) is 16.0. The minimum Gasteiger partial charge on any atom is -0.382 e. The standard InChI is InChI=1S/C16H22BrN3O/c1-3-21-11-5-9-20-10-8-18-16(20)19-13(2)14-6-4-7-15(17)12-14/h4,6-8,10,12-13H,3,5,9,11H2,1-2H3,(H,18,19). The molecule has 0 aliphatic rings. The van der Waals surface area contributed by atoms with Crippen LogP contribution in [0.3, 0.4) is 0 Å². The van der Waals surface area contributed by atoms with Crippen LogP contribution in [-0.4, -0.2) is 22.8 Å². The zero-order valence-electron chi connectivity index (χ0n) is 12.6. The summed E-state index contributed by atoms with van der Waals surface area (Å²) in [5, 5.41) is 3.47. The van der Waals surface area contributed by atoms with Gasteiger partial charge in [0.15, 0.2) is 0 Å². The number of nitrogens with one attached hydrogen (secondary N) is 1. The molecule has 1 N–H and O–H groups in total. The SMILES string of the molecule is CCOCCCn1ccnc1NC(C)c1cccc(Br)c1. The number of rotatable bonds is 8. The van der Waals surface area contributed by atoms with Crippen molar-refractivity contribution in [2.24, 2.45) is 0 Å². The van der Waals surface area contributed by atoms with Gasteiger partial charge < -0.3 is 14.6 Å². The van der Waals surface area contributed by atoms with E-state index in [1.165, 1.54) is 5.56 Å². The van der Waals surface area contributed by atoms with Crippen molar-refractivity contribution < 1.29 is 4.74 Å². The molecule has 2 rings (SSSR count). The van der Waals surface area contributed by atoms with Crippen LogP contribution < -0.4 is 5.32 Å². The lowest BCUT2D eigenvalue weighted by Gasteiger charge is -2.16. The van der Waals surface area contributed by atoms with Gasteiger partial charge >= 0.3 is 0 Å². The van der Waals surface area contributed by atoms with E-state index in [0.717, 1.165) is 36.6 Å². The van der Waals surface area contributed by atoms with E-state index in [9.17, 15) is 0 Å². The first-order valence-corrected chi connectivity index (χ1v) is 8.11. The van der Waals surface area contributed by atoms with Crippen molar-refractivity contribution in [2.75, 3.05) is 18.5 Å². The van der Waals surface area contributed by atoms with Crippen molar-refractivity contribution in [3.8, 4) is 0 Å². The summed E-state index contributed by atoms with van der Waals surface area (Å²) in [7, 11) is 0. The fraction of sp³-hybridized carbons (Fsp3) is 0.438. The van der Waals surface area contributed by atoms with Crippen LogP contribution in [0.2, 0.25) is 0 Å². The highest BCUT2D eigenvalue weighted by atomic mass is 79.9. The van der Waals surface area contributed by atoms with E-state index in [0.29, 0.717) is 0 Å². The van der Waals surface area contributed by atoms with E-state index in [2.05, 4.69) is 49.9 Å². The summed E-state index contributed by atoms with van der Waals surface area (Å²) < 4.78 is 8.60. The largest absolute Gasteiger partial charge is 0.382 e. The van der Waals surface area contributed by atoms with E-state index in [4.69, 9.17) is 4.74 Å². The molecule has 5 heteroatoms. The Morgan fingerprint density at radius 1 is 1.43 bits per heavy atom. The maximum atomic E-state index is 5.38. The molecule has 0 amide bonds. The third kappa shape index (κ3) is 4.86. The molecule has 114 valence electrons. The summed E-state index contributed by atoms with van der Waals surface area (Å²) in [5.74, 6) is 0.902. The van der Waals surface area contributed by atoms with E-state index in [-0.39, 0.29) is 6.04 Å². The zero-order valence-corrected chi connectivity index (χ0v) is 14.1. The second kappa shape index (κ2) is 8.20. The molecule has 0 aliphatic carbocycles. The number of nitrogens with zero attached hydrogens (tertiary/aromatic N) is 2. The molecule has 1 aromatic carbocycles. The van der Waals surface area contributed by atoms with Crippen molar-refractivity contribution >= 4 is 21.9 Å². The first-order valence-electron chi connectivity index (χ1n) is 7.31. The van der Waals surface area contributed by atoms with Gasteiger partial charge in [-0.05, 0) is 38.0 Å². The Kier molecular flexibility index (Phi) is 6.26. The minimum atomic E-state index is 0.204. The molecule has 0 spiro atoms. The second-order valence-electron chi connectivity index (χ2n) is 4.92. The fourth-order valence-electron chi connectivity index (χ4n) is 2.16. The van der Waals surface area contributed by atoms with Gasteiger partial charge in [0.25, 0.3) is 0 Å². The summed E-state index contributed by atoms with van der Waals surface area (Å²) in [6.07, 6.45) is 4.82. The van der Waals surface area contributed by atoms with Gasteiger partial charge in [-0.15, -0.1) is 0 Å². The van der Waals surface area contributed by atoms with Crippen LogP contribution in [-0.2, 0) is 11.3 Å². The van der Waals surface area contributed by atoms with Crippen molar-refractivity contribution in [1.29, 1.82) is 0 Å². The van der Waals surface area contributed by atoms with Gasteiger partial charge in [-0.2, -0.15) is 0 Å². The highest BCUT2D eigenvalue weighted by Gasteiger charge is 2.09. The van der Waals surface area contributed by atoms with Crippen molar-refractivity contribution in [3.05, 3.63) is 46.7 Å². The Hall–Kier alpha value is -1.33. The van der Waals surface area contributed by atoms with Crippen LogP contribution in [0.15, 0.2) is 41.1 Å². The molecule has 0 radical (unpaired) electrons. The van der Waals surface area contributed by atoms with Crippen LogP contribution in [0.5, 0.6) is 0 Å². The molecule has 1 unspecified atom stereocenters. The third-order valence-corrected chi connectivity index (χ3v) is 3.79. The molecule has 1 aromatic heterocycles. The summed E-state index contributed by atoms with van der Waals surface area (Å²) >= 11 is 3.51. The third-order valence-electron chi connectivity index (χ3n) is 3.30. The van der Waals surface area contributed by atoms with Crippen molar-refractivity contribution in [3.63, 3.8) is 0 Å². The van der Waals surface area contributed by atoms with Gasteiger partial charge in [0, 0.05) is 36.6 Å². The molecule has 0 aliphatic heterocycles. The predicted molar refractivity (Wildman–Crippen MR) is 89.5 cm³/mol. The van der Waals surface area contributed by atoms with Crippen LogP contribution in [0.25, 0.3) is 0 Å². The molecule has 21 heavy (non-hydrogen) atoms. The van der Waals surface area contributed by atoms with Crippen LogP contribution >= 0.6 is 15.9 Å². The molecular formula is C16H22BrN3O. The molecule has 0 fully saturated rings. The summed E-state index contributed by atoms with van der Waals surface area (Å²) in [5.41, 5.74) is 1.23. The molecule has 4 nitrogen and oxygen atoms in total. The summed E-state index contributed by atoms with van der Waals surface area (Å²) in [4.78, 5) is 4.40. The topological polar surface area (TPSA) is 39.1 Å². The average Bonchev–Trinajstić information content (AvgIpc) is 2.91. The highest BCUT2D eigenvalue weighted by molar-refractivity contribution is 9.10. The van der Waals surface area contributed by atoms with E-state index < -0.39 is 0 Å². The van der Waals surface area contributed by atoms with Gasteiger partial charge in [-0.1, -0.05) is 28.1 Å². The molecule has 0 saturated carbocycles. The lowest BCUT2D eigenvalue weighted by atomic mass is 10.1. The molecule has 2 aromatic rings. The Balaban J connectivity index is 1.95. The summed E-state index contributed by atoms with van der Waals surface area (Å²) in [6, 6.07) is 8.53. The number of ether oxygens (including phenoxy) is 1. The molecule has 0 bridgehead atoms. The normalized spacial score (nSPS) is 12.3. The van der Waals surface area contributed by atoms with Crippen LogP contribution in [0.1, 0.15) is 31.9 Å². The average molecular weight is 352 g/mol. The monoisotopic (exact) mass is 351 g/mol. The zero-order chi connectivity index (χ0) is 15.1. The number of anilines is 1. The number of imidazole rings is 1. The molecule has 1 heterocycles. The van der Waals surface area contributed by atoms with Gasteiger partial charge in [-0.25, -0.2) is 4.98 Å². The Morgan fingerprint density at radius 2 is 2.29 bits per heavy atom. The van der Waals surface area contributed by atoms with Gasteiger partial charge in [0.1, 0.15) is 0 Å². The van der Waals surface area contributed by atoms with Gasteiger partial charge in [0.05, 0.1) is 6.04 Å². The quantitative estimate of drug-likeness (QED) is 0.722. The molecule has 1 atom stereocenters. The lowest BCUT2D eigenvalue weighted by Crippen LogP contribution is -2.12. The Morgan fingerprint density at radius 3 is 3.05 bits per heavy atom. The van der Waals surface area contributed by atoms with Crippen LogP contribution in [0, 0.1) is 0 Å². The van der Waals surface area contributed by atoms with E-state index in [1.807, 2.05) is 31.5 Å². The number of hydrogen-bond donors (Lipinski definition) is 1. The van der Waals surface area contributed by atoms with Crippen LogP contribution in [0.4, 0.5) is 5.95 Å². The molecule has 0 saturated heterocycles. The number of aryl methyl sites for hydroxylation is 1. The number of hydrogen-bond acceptors (Lipinski definition) is 3. The summed E-state index contributed by atoms with van der Waals surface area (Å²) in [6.45, 7) is 6.63. The van der Waals surface area contributed by atoms with Gasteiger partial charge in [0.2, 0.25) is 5.95 Å². The second-order valence-corrected chi connectivity index (χ2v) is 5.83. The lowest BCUT2D eigenvalue weighted by molar-refractivity contribution is 0.142. The maximum absolute atomic E-state index is 5.38. The Bertz CT molecular complexity index is 556. The number of benzene rings is 1.